The van der Waals surface area contributed by atoms with Crippen LogP contribution >= 0.6 is 0 Å². The lowest BCUT2D eigenvalue weighted by atomic mass is 10.4. The molecule has 0 aromatic rings. The van der Waals surface area contributed by atoms with Gasteiger partial charge in [0.2, 0.25) is 6.41 Å². The lowest BCUT2D eigenvalue weighted by Crippen LogP contribution is -2.19. The molecule has 1 fully saturated rings. The van der Waals surface area contributed by atoms with Gasteiger partial charge in [-0.25, -0.2) is 0 Å². The molecule has 3 nitrogen and oxygen atoms in total. The van der Waals surface area contributed by atoms with Crippen molar-refractivity contribution < 1.29 is 9.53 Å². The number of hydrogen-bond acceptors (Lipinski definition) is 2. The number of rotatable bonds is 4. The Morgan fingerprint density at radius 1 is 1.89 bits per heavy atom. The largest absolute Gasteiger partial charge is 0.371 e. The van der Waals surface area contributed by atoms with E-state index in [0.717, 1.165) is 13.0 Å². The van der Waals surface area contributed by atoms with Crippen LogP contribution in [-0.2, 0) is 9.53 Å². The lowest BCUT2D eigenvalue weighted by molar-refractivity contribution is -0.116. The molecule has 1 aliphatic heterocycles. The predicted octanol–water partition coefficient (Wildman–Crippen LogP) is -0.0129. The molecular formula is C6H9NO2. The van der Waals surface area contributed by atoms with Crippen molar-refractivity contribution in [1.82, 2.24) is 4.90 Å². The van der Waals surface area contributed by atoms with Crippen LogP contribution in [0, 0.1) is 0 Å². The van der Waals surface area contributed by atoms with E-state index in [4.69, 9.17) is 4.74 Å². The number of amides is 1. The Kier molecular flexibility index (Phi) is 1.85. The Bertz CT molecular complexity index is 112. The van der Waals surface area contributed by atoms with Crippen molar-refractivity contribution in [2.75, 3.05) is 13.2 Å². The summed E-state index contributed by atoms with van der Waals surface area (Å²) in [4.78, 5) is 11.6. The van der Waals surface area contributed by atoms with Gasteiger partial charge in [0.05, 0.1) is 19.3 Å². The molecule has 1 rings (SSSR count). The summed E-state index contributed by atoms with van der Waals surface area (Å²) in [6, 6.07) is 0. The first-order chi connectivity index (χ1) is 4.36. The molecule has 1 atom stereocenters. The Balaban J connectivity index is 2.19. The standard InChI is InChI=1S/C6H9NO2/c1-2-7(5-8)3-6-4-9-6/h2,5-6H,1,3-4H2. The lowest BCUT2D eigenvalue weighted by Gasteiger charge is -2.07. The first-order valence-corrected chi connectivity index (χ1v) is 2.82. The van der Waals surface area contributed by atoms with Gasteiger partial charge in [0.25, 0.3) is 0 Å². The molecule has 0 radical (unpaired) electrons. The Hall–Kier alpha value is -0.830. The summed E-state index contributed by atoms with van der Waals surface area (Å²) in [5, 5.41) is 0. The molecule has 0 aliphatic carbocycles. The Morgan fingerprint density at radius 3 is 2.89 bits per heavy atom. The third-order valence-corrected chi connectivity index (χ3v) is 1.19. The summed E-state index contributed by atoms with van der Waals surface area (Å²) in [6.07, 6.45) is 2.50. The zero-order valence-corrected chi connectivity index (χ0v) is 5.12. The van der Waals surface area contributed by atoms with Gasteiger partial charge in [-0.05, 0) is 6.20 Å². The molecule has 1 amide bonds. The molecule has 9 heavy (non-hydrogen) atoms. The molecule has 1 saturated heterocycles. The Labute approximate surface area is 53.9 Å². The SMILES string of the molecule is C=CN(C=O)CC1CO1. The number of hydrogen-bond donors (Lipinski definition) is 0. The average molecular weight is 127 g/mol. The fourth-order valence-corrected chi connectivity index (χ4v) is 0.569. The van der Waals surface area contributed by atoms with Crippen LogP contribution in [0.1, 0.15) is 0 Å². The highest BCUT2D eigenvalue weighted by atomic mass is 16.6. The Morgan fingerprint density at radius 2 is 2.56 bits per heavy atom. The van der Waals surface area contributed by atoms with E-state index in [2.05, 4.69) is 6.58 Å². The van der Waals surface area contributed by atoms with Crippen LogP contribution < -0.4 is 0 Å². The number of epoxide rings is 1. The molecule has 50 valence electrons. The smallest absolute Gasteiger partial charge is 0.213 e. The number of nitrogens with zero attached hydrogens (tertiary/aromatic N) is 1. The number of carbonyl (C=O) groups excluding carboxylic acids is 1. The van der Waals surface area contributed by atoms with E-state index in [1.165, 1.54) is 11.1 Å². The average Bonchev–Trinajstić information content (AvgIpc) is 2.66. The summed E-state index contributed by atoms with van der Waals surface area (Å²) < 4.78 is 4.89. The summed E-state index contributed by atoms with van der Waals surface area (Å²) in [6.45, 7) is 4.87. The van der Waals surface area contributed by atoms with Gasteiger partial charge in [-0.2, -0.15) is 0 Å². The van der Waals surface area contributed by atoms with Crippen molar-refractivity contribution in [3.05, 3.63) is 12.8 Å². The highest BCUT2D eigenvalue weighted by Gasteiger charge is 2.23. The molecule has 3 heteroatoms. The summed E-state index contributed by atoms with van der Waals surface area (Å²) >= 11 is 0. The predicted molar refractivity (Wildman–Crippen MR) is 32.7 cm³/mol. The fraction of sp³-hybridized carbons (Fsp3) is 0.500. The quantitative estimate of drug-likeness (QED) is 0.393. The minimum absolute atomic E-state index is 0.258. The molecule has 0 spiro atoms. The van der Waals surface area contributed by atoms with Crippen LogP contribution in [0.3, 0.4) is 0 Å². The van der Waals surface area contributed by atoms with Crippen molar-refractivity contribution >= 4 is 6.41 Å². The van der Waals surface area contributed by atoms with Gasteiger partial charge >= 0.3 is 0 Å². The number of ether oxygens (including phenoxy) is 1. The molecule has 0 N–H and O–H groups in total. The van der Waals surface area contributed by atoms with Crippen molar-refractivity contribution in [3.8, 4) is 0 Å². The van der Waals surface area contributed by atoms with Gasteiger partial charge in [-0.3, -0.25) is 4.79 Å². The van der Waals surface area contributed by atoms with E-state index in [0.29, 0.717) is 6.54 Å². The molecular weight excluding hydrogens is 118 g/mol. The van der Waals surface area contributed by atoms with Gasteiger partial charge in [0.15, 0.2) is 0 Å². The van der Waals surface area contributed by atoms with E-state index >= 15 is 0 Å². The van der Waals surface area contributed by atoms with Crippen LogP contribution in [0.25, 0.3) is 0 Å². The first-order valence-electron chi connectivity index (χ1n) is 2.82. The van der Waals surface area contributed by atoms with E-state index < -0.39 is 0 Å². The van der Waals surface area contributed by atoms with Gasteiger partial charge in [0, 0.05) is 0 Å². The van der Waals surface area contributed by atoms with Crippen LogP contribution in [0.15, 0.2) is 12.8 Å². The van der Waals surface area contributed by atoms with E-state index in [-0.39, 0.29) is 6.10 Å². The maximum Gasteiger partial charge on any atom is 0.213 e. The van der Waals surface area contributed by atoms with Crippen molar-refractivity contribution in [2.45, 2.75) is 6.10 Å². The van der Waals surface area contributed by atoms with E-state index in [1.54, 1.807) is 0 Å². The van der Waals surface area contributed by atoms with Crippen LogP contribution in [0.4, 0.5) is 0 Å². The molecule has 1 unspecified atom stereocenters. The normalized spacial score (nSPS) is 22.9. The topological polar surface area (TPSA) is 32.8 Å². The van der Waals surface area contributed by atoms with E-state index in [1.807, 2.05) is 0 Å². The van der Waals surface area contributed by atoms with Gasteiger partial charge in [-0.1, -0.05) is 6.58 Å². The van der Waals surface area contributed by atoms with Gasteiger partial charge in [0.1, 0.15) is 0 Å². The maximum atomic E-state index is 10.1. The third-order valence-electron chi connectivity index (χ3n) is 1.19. The molecule has 1 aliphatic rings. The second kappa shape index (κ2) is 2.64. The van der Waals surface area contributed by atoms with E-state index in [9.17, 15) is 4.79 Å². The van der Waals surface area contributed by atoms with Crippen molar-refractivity contribution in [1.29, 1.82) is 0 Å². The van der Waals surface area contributed by atoms with Gasteiger partial charge < -0.3 is 9.64 Å². The number of carbonyl (C=O) groups is 1. The monoisotopic (exact) mass is 127 g/mol. The molecule has 0 saturated carbocycles. The fourth-order valence-electron chi connectivity index (χ4n) is 0.569. The van der Waals surface area contributed by atoms with Crippen molar-refractivity contribution in [3.63, 3.8) is 0 Å². The molecule has 0 aromatic heterocycles. The van der Waals surface area contributed by atoms with Crippen LogP contribution in [-0.4, -0.2) is 30.6 Å². The first kappa shape index (κ1) is 6.29. The summed E-state index contributed by atoms with van der Waals surface area (Å²) in [5.74, 6) is 0. The van der Waals surface area contributed by atoms with Gasteiger partial charge in [-0.15, -0.1) is 0 Å². The molecule has 0 bridgehead atoms. The van der Waals surface area contributed by atoms with Crippen LogP contribution in [0.5, 0.6) is 0 Å². The minimum atomic E-state index is 0.258. The summed E-state index contributed by atoms with van der Waals surface area (Å²) in [7, 11) is 0. The molecule has 0 aromatic carbocycles. The second-order valence-corrected chi connectivity index (χ2v) is 1.94. The summed E-state index contributed by atoms with van der Waals surface area (Å²) in [5.41, 5.74) is 0. The highest BCUT2D eigenvalue weighted by Crippen LogP contribution is 2.09. The highest BCUT2D eigenvalue weighted by molar-refractivity contribution is 5.48. The second-order valence-electron chi connectivity index (χ2n) is 1.94. The van der Waals surface area contributed by atoms with Crippen LogP contribution in [0.2, 0.25) is 0 Å². The maximum absolute atomic E-state index is 10.1. The molecule has 1 heterocycles. The third kappa shape index (κ3) is 1.85. The minimum Gasteiger partial charge on any atom is -0.371 e. The zero-order valence-electron chi connectivity index (χ0n) is 5.12. The van der Waals surface area contributed by atoms with Crippen molar-refractivity contribution in [2.24, 2.45) is 0 Å². The zero-order chi connectivity index (χ0) is 6.69.